The molecule has 0 saturated carbocycles. The number of carbonyl (C=O) groups is 1. The minimum absolute atomic E-state index is 0.181. The van der Waals surface area contributed by atoms with Crippen LogP contribution in [0.3, 0.4) is 0 Å². The van der Waals surface area contributed by atoms with Gasteiger partial charge >= 0.3 is 0 Å². The van der Waals surface area contributed by atoms with Crippen LogP contribution in [0.1, 0.15) is 10.4 Å². The van der Waals surface area contributed by atoms with Crippen molar-refractivity contribution >= 4 is 54.4 Å². The van der Waals surface area contributed by atoms with Crippen molar-refractivity contribution in [2.75, 3.05) is 5.32 Å². The van der Waals surface area contributed by atoms with Crippen LogP contribution in [-0.4, -0.2) is 10.9 Å². The number of hydrogen-bond donors (Lipinski definition) is 1. The Labute approximate surface area is 138 Å². The van der Waals surface area contributed by atoms with Gasteiger partial charge in [-0.15, -0.1) is 0 Å². The lowest BCUT2D eigenvalue weighted by Crippen LogP contribution is -2.13. The Hall–Kier alpha value is -1.72. The molecule has 1 aromatic heterocycles. The van der Waals surface area contributed by atoms with Gasteiger partial charge in [0.15, 0.2) is 0 Å². The standard InChI is InChI=1S/C16H10Br2N2O/c17-13-6-5-10-8-12(4-3-11(10)9-13)16(21)20-15-14(18)2-1-7-19-15/h1-9H,(H,19,20,21). The van der Waals surface area contributed by atoms with Gasteiger partial charge in [0.2, 0.25) is 0 Å². The fourth-order valence-corrected chi connectivity index (χ4v) is 2.75. The molecule has 0 aliphatic carbocycles. The van der Waals surface area contributed by atoms with E-state index in [0.717, 1.165) is 19.7 Å². The Morgan fingerprint density at radius 2 is 1.76 bits per heavy atom. The molecule has 3 nitrogen and oxygen atoms in total. The molecule has 0 fully saturated rings. The number of nitrogens with zero attached hydrogens (tertiary/aromatic N) is 1. The first kappa shape index (κ1) is 14.2. The Kier molecular flexibility index (Phi) is 4.03. The molecule has 1 amide bonds. The van der Waals surface area contributed by atoms with Crippen molar-refractivity contribution in [2.45, 2.75) is 0 Å². The Morgan fingerprint density at radius 1 is 1.00 bits per heavy atom. The summed E-state index contributed by atoms with van der Waals surface area (Å²) in [6.45, 7) is 0. The second-order valence-electron chi connectivity index (χ2n) is 4.49. The largest absolute Gasteiger partial charge is 0.306 e. The van der Waals surface area contributed by atoms with E-state index in [9.17, 15) is 4.79 Å². The second kappa shape index (κ2) is 5.95. The van der Waals surface area contributed by atoms with Crippen molar-refractivity contribution in [1.82, 2.24) is 4.98 Å². The van der Waals surface area contributed by atoms with E-state index in [1.165, 1.54) is 0 Å². The summed E-state index contributed by atoms with van der Waals surface area (Å²) in [7, 11) is 0. The van der Waals surface area contributed by atoms with Gasteiger partial charge in [-0.05, 0) is 63.1 Å². The van der Waals surface area contributed by atoms with Gasteiger partial charge in [-0.2, -0.15) is 0 Å². The topological polar surface area (TPSA) is 42.0 Å². The normalized spacial score (nSPS) is 10.6. The molecule has 21 heavy (non-hydrogen) atoms. The lowest BCUT2D eigenvalue weighted by Gasteiger charge is -2.07. The zero-order chi connectivity index (χ0) is 14.8. The zero-order valence-electron chi connectivity index (χ0n) is 10.8. The SMILES string of the molecule is O=C(Nc1ncccc1Br)c1ccc2cc(Br)ccc2c1. The van der Waals surface area contributed by atoms with Crippen LogP contribution in [0.5, 0.6) is 0 Å². The summed E-state index contributed by atoms with van der Waals surface area (Å²) in [6.07, 6.45) is 1.64. The first-order valence-electron chi connectivity index (χ1n) is 6.25. The van der Waals surface area contributed by atoms with E-state index < -0.39 is 0 Å². The van der Waals surface area contributed by atoms with E-state index in [0.29, 0.717) is 11.4 Å². The zero-order valence-corrected chi connectivity index (χ0v) is 14.0. The number of pyridine rings is 1. The van der Waals surface area contributed by atoms with Crippen molar-refractivity contribution in [3.8, 4) is 0 Å². The molecule has 0 aliphatic rings. The summed E-state index contributed by atoms with van der Waals surface area (Å²) in [6, 6.07) is 15.2. The van der Waals surface area contributed by atoms with Crippen LogP contribution in [0.2, 0.25) is 0 Å². The number of carbonyl (C=O) groups excluding carboxylic acids is 1. The summed E-state index contributed by atoms with van der Waals surface area (Å²) in [4.78, 5) is 16.4. The van der Waals surface area contributed by atoms with Crippen LogP contribution in [0, 0.1) is 0 Å². The number of amides is 1. The Balaban J connectivity index is 1.91. The van der Waals surface area contributed by atoms with Gasteiger partial charge < -0.3 is 5.32 Å². The second-order valence-corrected chi connectivity index (χ2v) is 6.26. The molecule has 1 heterocycles. The van der Waals surface area contributed by atoms with Gasteiger partial charge in [-0.3, -0.25) is 4.79 Å². The summed E-state index contributed by atoms with van der Waals surface area (Å²) in [5, 5.41) is 4.90. The fraction of sp³-hybridized carbons (Fsp3) is 0. The van der Waals surface area contributed by atoms with Gasteiger partial charge in [-0.25, -0.2) is 4.98 Å². The monoisotopic (exact) mass is 404 g/mol. The molecule has 0 unspecified atom stereocenters. The molecule has 5 heteroatoms. The molecule has 0 saturated heterocycles. The summed E-state index contributed by atoms with van der Waals surface area (Å²) in [5.41, 5.74) is 0.599. The minimum atomic E-state index is -0.181. The average molecular weight is 406 g/mol. The number of rotatable bonds is 2. The summed E-state index contributed by atoms with van der Waals surface area (Å²) in [5.74, 6) is 0.331. The van der Waals surface area contributed by atoms with Crippen LogP contribution >= 0.6 is 31.9 Å². The molecular formula is C16H10Br2N2O. The lowest BCUT2D eigenvalue weighted by molar-refractivity contribution is 0.102. The third kappa shape index (κ3) is 3.14. The summed E-state index contributed by atoms with van der Waals surface area (Å²) < 4.78 is 1.77. The van der Waals surface area contributed by atoms with Gasteiger partial charge in [0.1, 0.15) is 5.82 Å². The number of halogens is 2. The number of anilines is 1. The molecule has 1 N–H and O–H groups in total. The van der Waals surface area contributed by atoms with Crippen molar-refractivity contribution in [2.24, 2.45) is 0 Å². The van der Waals surface area contributed by atoms with E-state index in [2.05, 4.69) is 42.2 Å². The van der Waals surface area contributed by atoms with Crippen molar-refractivity contribution in [3.63, 3.8) is 0 Å². The van der Waals surface area contributed by atoms with Gasteiger partial charge in [0.05, 0.1) is 4.47 Å². The van der Waals surface area contributed by atoms with Crippen LogP contribution in [0.15, 0.2) is 63.7 Å². The number of hydrogen-bond acceptors (Lipinski definition) is 2. The number of benzene rings is 2. The number of fused-ring (bicyclic) bond motifs is 1. The highest BCUT2D eigenvalue weighted by Crippen LogP contribution is 2.22. The molecule has 3 aromatic rings. The van der Waals surface area contributed by atoms with Crippen LogP contribution in [0.25, 0.3) is 10.8 Å². The highest BCUT2D eigenvalue weighted by Gasteiger charge is 2.09. The number of nitrogens with one attached hydrogen (secondary N) is 1. The van der Waals surface area contributed by atoms with Gasteiger partial charge in [0, 0.05) is 16.2 Å². The van der Waals surface area contributed by atoms with Crippen LogP contribution < -0.4 is 5.32 Å². The van der Waals surface area contributed by atoms with E-state index >= 15 is 0 Å². The third-order valence-corrected chi connectivity index (χ3v) is 4.19. The highest BCUT2D eigenvalue weighted by molar-refractivity contribution is 9.10. The molecule has 0 radical (unpaired) electrons. The van der Waals surface area contributed by atoms with E-state index in [-0.39, 0.29) is 5.91 Å². The maximum Gasteiger partial charge on any atom is 0.256 e. The molecule has 0 aliphatic heterocycles. The first-order chi connectivity index (χ1) is 10.1. The van der Waals surface area contributed by atoms with Gasteiger partial charge in [0.25, 0.3) is 5.91 Å². The number of aromatic nitrogens is 1. The van der Waals surface area contributed by atoms with Crippen molar-refractivity contribution in [3.05, 3.63) is 69.2 Å². The quantitative estimate of drug-likeness (QED) is 0.650. The maximum absolute atomic E-state index is 12.3. The smallest absolute Gasteiger partial charge is 0.256 e. The molecule has 0 bridgehead atoms. The van der Waals surface area contributed by atoms with Gasteiger partial charge in [-0.1, -0.05) is 28.1 Å². The molecular weight excluding hydrogens is 396 g/mol. The Bertz CT molecular complexity index is 833. The Morgan fingerprint density at radius 3 is 2.57 bits per heavy atom. The molecule has 104 valence electrons. The maximum atomic E-state index is 12.3. The minimum Gasteiger partial charge on any atom is -0.306 e. The lowest BCUT2D eigenvalue weighted by atomic mass is 10.1. The van der Waals surface area contributed by atoms with Crippen molar-refractivity contribution < 1.29 is 4.79 Å². The molecule has 0 atom stereocenters. The highest BCUT2D eigenvalue weighted by atomic mass is 79.9. The van der Waals surface area contributed by atoms with E-state index in [1.54, 1.807) is 18.3 Å². The van der Waals surface area contributed by atoms with Crippen LogP contribution in [0.4, 0.5) is 5.82 Å². The summed E-state index contributed by atoms with van der Waals surface area (Å²) >= 11 is 6.80. The molecule has 3 rings (SSSR count). The van der Waals surface area contributed by atoms with Crippen LogP contribution in [-0.2, 0) is 0 Å². The average Bonchev–Trinajstić information content (AvgIpc) is 2.49. The molecule has 2 aromatic carbocycles. The predicted octanol–water partition coefficient (Wildman–Crippen LogP) is 5.01. The molecule has 0 spiro atoms. The van der Waals surface area contributed by atoms with E-state index in [1.807, 2.05) is 36.4 Å². The third-order valence-electron chi connectivity index (χ3n) is 3.05. The predicted molar refractivity (Wildman–Crippen MR) is 91.5 cm³/mol. The fourth-order valence-electron chi connectivity index (χ4n) is 2.02. The van der Waals surface area contributed by atoms with E-state index in [4.69, 9.17) is 0 Å². The van der Waals surface area contributed by atoms with Crippen molar-refractivity contribution in [1.29, 1.82) is 0 Å². The first-order valence-corrected chi connectivity index (χ1v) is 7.83.